The zero-order valence-corrected chi connectivity index (χ0v) is 9.76. The smallest absolute Gasteiger partial charge is 0.144 e. The normalized spacial score (nSPS) is 10.1. The summed E-state index contributed by atoms with van der Waals surface area (Å²) < 4.78 is 5.37. The lowest BCUT2D eigenvalue weighted by Crippen LogP contribution is -2.09. The van der Waals surface area contributed by atoms with Crippen LogP contribution in [0.3, 0.4) is 0 Å². The minimum absolute atomic E-state index is 0.708. The van der Waals surface area contributed by atoms with Gasteiger partial charge in [-0.3, -0.25) is 0 Å². The number of hydrogen-bond acceptors (Lipinski definition) is 3. The highest BCUT2D eigenvalue weighted by Crippen LogP contribution is 2.29. The Morgan fingerprint density at radius 3 is 2.67 bits per heavy atom. The van der Waals surface area contributed by atoms with Crippen LogP contribution >= 0.6 is 0 Å². The summed E-state index contributed by atoms with van der Waals surface area (Å²) in [6, 6.07) is 4.22. The van der Waals surface area contributed by atoms with Gasteiger partial charge in [0.15, 0.2) is 0 Å². The third-order valence-electron chi connectivity index (χ3n) is 2.32. The van der Waals surface area contributed by atoms with Crippen molar-refractivity contribution in [1.29, 1.82) is 0 Å². The van der Waals surface area contributed by atoms with Crippen molar-refractivity contribution in [2.75, 3.05) is 25.5 Å². The molecule has 0 atom stereocenters. The van der Waals surface area contributed by atoms with E-state index >= 15 is 0 Å². The molecule has 0 aliphatic carbocycles. The fourth-order valence-electron chi connectivity index (χ4n) is 1.68. The number of aryl methyl sites for hydroxylation is 2. The van der Waals surface area contributed by atoms with Crippen molar-refractivity contribution in [2.24, 2.45) is 5.73 Å². The van der Waals surface area contributed by atoms with E-state index < -0.39 is 0 Å². The molecule has 3 heteroatoms. The zero-order chi connectivity index (χ0) is 11.3. The van der Waals surface area contributed by atoms with Gasteiger partial charge in [-0.15, -0.1) is 0 Å². The molecule has 1 aromatic rings. The van der Waals surface area contributed by atoms with Gasteiger partial charge in [-0.2, -0.15) is 0 Å². The molecule has 0 radical (unpaired) electrons. The molecule has 0 fully saturated rings. The van der Waals surface area contributed by atoms with Crippen LogP contribution in [0.5, 0.6) is 5.75 Å². The predicted octanol–water partition coefficient (Wildman–Crippen LogP) is 2.07. The van der Waals surface area contributed by atoms with Gasteiger partial charge in [-0.05, 0) is 44.0 Å². The second-order valence-corrected chi connectivity index (χ2v) is 3.73. The zero-order valence-electron chi connectivity index (χ0n) is 9.76. The van der Waals surface area contributed by atoms with E-state index in [0.717, 1.165) is 30.0 Å². The van der Waals surface area contributed by atoms with Crippen LogP contribution in [0, 0.1) is 13.8 Å². The van der Waals surface area contributed by atoms with Crippen molar-refractivity contribution >= 4 is 5.69 Å². The molecule has 0 unspecified atom stereocenters. The van der Waals surface area contributed by atoms with Crippen LogP contribution < -0.4 is 15.8 Å². The van der Waals surface area contributed by atoms with Gasteiger partial charge in [0.25, 0.3) is 0 Å². The van der Waals surface area contributed by atoms with Crippen molar-refractivity contribution in [3.63, 3.8) is 0 Å². The van der Waals surface area contributed by atoms with Gasteiger partial charge < -0.3 is 15.8 Å². The first kappa shape index (κ1) is 11.9. The Kier molecular flexibility index (Phi) is 4.43. The maximum Gasteiger partial charge on any atom is 0.144 e. The maximum atomic E-state index is 5.45. The first-order valence-corrected chi connectivity index (χ1v) is 5.28. The SMILES string of the molecule is COc1c(C)cc(C)cc1NCCCN. The van der Waals surface area contributed by atoms with Gasteiger partial charge in [0.2, 0.25) is 0 Å². The Balaban J connectivity index is 2.84. The number of ether oxygens (including phenoxy) is 1. The van der Waals surface area contributed by atoms with E-state index in [-0.39, 0.29) is 0 Å². The molecule has 0 amide bonds. The third-order valence-corrected chi connectivity index (χ3v) is 2.32. The average molecular weight is 208 g/mol. The van der Waals surface area contributed by atoms with Crippen molar-refractivity contribution in [1.82, 2.24) is 0 Å². The first-order valence-electron chi connectivity index (χ1n) is 5.28. The number of rotatable bonds is 5. The Bertz CT molecular complexity index is 324. The van der Waals surface area contributed by atoms with Gasteiger partial charge in [0.1, 0.15) is 5.75 Å². The summed E-state index contributed by atoms with van der Waals surface area (Å²) in [4.78, 5) is 0. The predicted molar refractivity (Wildman–Crippen MR) is 64.6 cm³/mol. The monoisotopic (exact) mass is 208 g/mol. The topological polar surface area (TPSA) is 47.3 Å². The van der Waals surface area contributed by atoms with Crippen LogP contribution in [0.1, 0.15) is 17.5 Å². The van der Waals surface area contributed by atoms with Gasteiger partial charge in [0, 0.05) is 6.54 Å². The lowest BCUT2D eigenvalue weighted by atomic mass is 10.1. The number of methoxy groups -OCH3 is 1. The van der Waals surface area contributed by atoms with Crippen LogP contribution in [-0.4, -0.2) is 20.2 Å². The lowest BCUT2D eigenvalue weighted by molar-refractivity contribution is 0.413. The van der Waals surface area contributed by atoms with E-state index in [1.807, 2.05) is 0 Å². The van der Waals surface area contributed by atoms with Gasteiger partial charge in [-0.1, -0.05) is 6.07 Å². The van der Waals surface area contributed by atoms with E-state index in [9.17, 15) is 0 Å². The molecule has 15 heavy (non-hydrogen) atoms. The van der Waals surface area contributed by atoms with Crippen LogP contribution in [0.15, 0.2) is 12.1 Å². The average Bonchev–Trinajstić information content (AvgIpc) is 2.17. The van der Waals surface area contributed by atoms with Crippen molar-refractivity contribution in [2.45, 2.75) is 20.3 Å². The minimum atomic E-state index is 0.708. The first-order chi connectivity index (χ1) is 7.19. The highest BCUT2D eigenvalue weighted by Gasteiger charge is 2.06. The summed E-state index contributed by atoms with van der Waals surface area (Å²) in [5.41, 5.74) is 8.91. The molecular weight excluding hydrogens is 188 g/mol. The van der Waals surface area contributed by atoms with E-state index in [1.165, 1.54) is 5.56 Å². The Hall–Kier alpha value is -1.22. The van der Waals surface area contributed by atoms with Crippen molar-refractivity contribution in [3.05, 3.63) is 23.3 Å². The second-order valence-electron chi connectivity index (χ2n) is 3.73. The molecule has 0 saturated carbocycles. The van der Waals surface area contributed by atoms with E-state index in [0.29, 0.717) is 6.54 Å². The number of benzene rings is 1. The fourth-order valence-corrected chi connectivity index (χ4v) is 1.68. The highest BCUT2D eigenvalue weighted by atomic mass is 16.5. The number of anilines is 1. The van der Waals surface area contributed by atoms with Crippen LogP contribution in [-0.2, 0) is 0 Å². The van der Waals surface area contributed by atoms with Crippen LogP contribution in [0.4, 0.5) is 5.69 Å². The van der Waals surface area contributed by atoms with Crippen molar-refractivity contribution in [3.8, 4) is 5.75 Å². The molecule has 0 aliphatic heterocycles. The molecule has 3 nitrogen and oxygen atoms in total. The molecule has 0 heterocycles. The molecule has 0 aromatic heterocycles. The van der Waals surface area contributed by atoms with E-state index in [4.69, 9.17) is 10.5 Å². The molecule has 84 valence electrons. The standard InChI is InChI=1S/C12H20N2O/c1-9-7-10(2)12(15-3)11(8-9)14-6-4-5-13/h7-8,14H,4-6,13H2,1-3H3. The molecule has 3 N–H and O–H groups in total. The summed E-state index contributed by atoms with van der Waals surface area (Å²) in [7, 11) is 1.70. The number of nitrogens with one attached hydrogen (secondary N) is 1. The van der Waals surface area contributed by atoms with Crippen LogP contribution in [0.2, 0.25) is 0 Å². The second kappa shape index (κ2) is 5.61. The maximum absolute atomic E-state index is 5.45. The number of hydrogen-bond donors (Lipinski definition) is 2. The van der Waals surface area contributed by atoms with Crippen molar-refractivity contribution < 1.29 is 4.74 Å². The fraction of sp³-hybridized carbons (Fsp3) is 0.500. The molecule has 0 bridgehead atoms. The molecule has 1 aromatic carbocycles. The Morgan fingerprint density at radius 1 is 1.33 bits per heavy atom. The number of nitrogens with two attached hydrogens (primary N) is 1. The lowest BCUT2D eigenvalue weighted by Gasteiger charge is -2.14. The molecular formula is C12H20N2O. The quantitative estimate of drug-likeness (QED) is 0.728. The molecule has 0 aliphatic rings. The van der Waals surface area contributed by atoms with Gasteiger partial charge in [-0.25, -0.2) is 0 Å². The summed E-state index contributed by atoms with van der Waals surface area (Å²) in [6.45, 7) is 5.73. The summed E-state index contributed by atoms with van der Waals surface area (Å²) in [5, 5.41) is 3.34. The largest absolute Gasteiger partial charge is 0.494 e. The summed E-state index contributed by atoms with van der Waals surface area (Å²) in [5.74, 6) is 0.928. The van der Waals surface area contributed by atoms with Gasteiger partial charge >= 0.3 is 0 Å². The molecule has 1 rings (SSSR count). The molecule has 0 spiro atoms. The van der Waals surface area contributed by atoms with Crippen LogP contribution in [0.25, 0.3) is 0 Å². The molecule has 0 saturated heterocycles. The minimum Gasteiger partial charge on any atom is -0.494 e. The highest BCUT2D eigenvalue weighted by molar-refractivity contribution is 5.61. The van der Waals surface area contributed by atoms with Gasteiger partial charge in [0.05, 0.1) is 12.8 Å². The summed E-state index contributed by atoms with van der Waals surface area (Å²) in [6.07, 6.45) is 0.968. The Morgan fingerprint density at radius 2 is 2.07 bits per heavy atom. The summed E-state index contributed by atoms with van der Waals surface area (Å²) >= 11 is 0. The van der Waals surface area contributed by atoms with E-state index in [1.54, 1.807) is 7.11 Å². The third kappa shape index (κ3) is 3.13. The van der Waals surface area contributed by atoms with E-state index in [2.05, 4.69) is 31.3 Å². The Labute approximate surface area is 91.6 Å².